The van der Waals surface area contributed by atoms with E-state index in [2.05, 4.69) is 15.3 Å². The number of anilines is 1. The number of para-hydroxylation sites is 2. The van der Waals surface area contributed by atoms with E-state index in [1.165, 1.54) is 24.4 Å². The lowest BCUT2D eigenvalue weighted by Crippen LogP contribution is -2.43. The van der Waals surface area contributed by atoms with Crippen LogP contribution in [0.1, 0.15) is 11.3 Å². The zero-order chi connectivity index (χ0) is 20.6. The Morgan fingerprint density at radius 1 is 1.17 bits per heavy atom. The highest BCUT2D eigenvalue weighted by atomic mass is 16.6. The molecule has 140 valence electrons. The minimum atomic E-state index is -1.64. The second-order valence-corrected chi connectivity index (χ2v) is 6.63. The van der Waals surface area contributed by atoms with Gasteiger partial charge in [-0.25, -0.2) is 4.98 Å². The number of nitro groups is 1. The van der Waals surface area contributed by atoms with Crippen molar-refractivity contribution in [3.63, 3.8) is 0 Å². The van der Waals surface area contributed by atoms with Gasteiger partial charge in [-0.3, -0.25) is 19.9 Å². The maximum Gasteiger partial charge on any atom is 0.269 e. The van der Waals surface area contributed by atoms with Crippen molar-refractivity contribution < 1.29 is 9.72 Å². The molecule has 2 aromatic carbocycles. The fourth-order valence-electron chi connectivity index (χ4n) is 3.66. The lowest BCUT2D eigenvalue weighted by molar-refractivity contribution is -0.384. The fourth-order valence-corrected chi connectivity index (χ4v) is 3.66. The third kappa shape index (κ3) is 2.73. The van der Waals surface area contributed by atoms with Crippen LogP contribution < -0.4 is 5.32 Å². The number of fused-ring (bicyclic) bond motifs is 2. The van der Waals surface area contributed by atoms with Crippen molar-refractivity contribution >= 4 is 28.3 Å². The van der Waals surface area contributed by atoms with Crippen LogP contribution in [0.5, 0.6) is 0 Å². The summed E-state index contributed by atoms with van der Waals surface area (Å²) in [6.45, 7) is 0. The van der Waals surface area contributed by atoms with E-state index in [1.807, 2.05) is 18.2 Å². The molecule has 0 aliphatic carbocycles. The van der Waals surface area contributed by atoms with Crippen LogP contribution in [0.4, 0.5) is 11.4 Å². The van der Waals surface area contributed by atoms with Crippen LogP contribution in [0.3, 0.4) is 0 Å². The van der Waals surface area contributed by atoms with Crippen molar-refractivity contribution in [2.24, 2.45) is 5.92 Å². The molecule has 0 fully saturated rings. The first-order valence-corrected chi connectivity index (χ1v) is 8.60. The van der Waals surface area contributed by atoms with E-state index < -0.39 is 22.2 Å². The number of nitro benzene ring substituents is 1. The highest BCUT2D eigenvalue weighted by molar-refractivity contribution is 6.07. The molecule has 1 aliphatic heterocycles. The van der Waals surface area contributed by atoms with E-state index in [1.54, 1.807) is 18.2 Å². The van der Waals surface area contributed by atoms with Gasteiger partial charge < -0.3 is 5.32 Å². The Morgan fingerprint density at radius 3 is 2.59 bits per heavy atom. The summed E-state index contributed by atoms with van der Waals surface area (Å²) in [4.78, 5) is 32.5. The van der Waals surface area contributed by atoms with Crippen molar-refractivity contribution in [1.29, 1.82) is 10.5 Å². The summed E-state index contributed by atoms with van der Waals surface area (Å²) in [5, 5.41) is 33.1. The van der Waals surface area contributed by atoms with Gasteiger partial charge in [-0.05, 0) is 18.2 Å². The van der Waals surface area contributed by atoms with Crippen LogP contribution in [0.2, 0.25) is 0 Å². The van der Waals surface area contributed by atoms with Gasteiger partial charge in [-0.15, -0.1) is 0 Å². The Labute approximate surface area is 164 Å². The van der Waals surface area contributed by atoms with Gasteiger partial charge in [0, 0.05) is 36.0 Å². The molecule has 4 rings (SSSR count). The molecule has 0 radical (unpaired) electrons. The van der Waals surface area contributed by atoms with Gasteiger partial charge in [0.05, 0.1) is 33.8 Å². The van der Waals surface area contributed by atoms with Crippen LogP contribution in [-0.2, 0) is 16.6 Å². The molecule has 3 aromatic rings. The third-order valence-electron chi connectivity index (χ3n) is 5.06. The summed E-state index contributed by atoms with van der Waals surface area (Å²) in [6, 6.07) is 14.8. The summed E-state index contributed by atoms with van der Waals surface area (Å²) in [7, 11) is 0. The molecule has 0 saturated carbocycles. The van der Waals surface area contributed by atoms with Crippen LogP contribution in [0.15, 0.2) is 48.7 Å². The predicted octanol–water partition coefficient (Wildman–Crippen LogP) is 2.63. The number of nitriles is 2. The molecular weight excluding hydrogens is 372 g/mol. The quantitative estimate of drug-likeness (QED) is 0.537. The average Bonchev–Trinajstić information content (AvgIpc) is 3.00. The summed E-state index contributed by atoms with van der Waals surface area (Å²) in [5.41, 5.74) is 0.363. The minimum absolute atomic E-state index is 0.101. The lowest BCUT2D eigenvalue weighted by atomic mass is 9.69. The molecule has 1 unspecified atom stereocenters. The maximum absolute atomic E-state index is 13.0. The zero-order valence-electron chi connectivity index (χ0n) is 14.9. The largest absolute Gasteiger partial charge is 0.325 e. The van der Waals surface area contributed by atoms with Crippen molar-refractivity contribution in [3.05, 3.63) is 70.0 Å². The first kappa shape index (κ1) is 18.0. The number of amides is 1. The number of nitrogens with zero attached hydrogens (tertiary/aromatic N) is 5. The Hall–Kier alpha value is -4.37. The Kier molecular flexibility index (Phi) is 4.14. The number of rotatable bonds is 4. The molecule has 1 aromatic heterocycles. The van der Waals surface area contributed by atoms with Crippen LogP contribution in [-0.4, -0.2) is 20.8 Å². The van der Waals surface area contributed by atoms with Crippen LogP contribution >= 0.6 is 0 Å². The van der Waals surface area contributed by atoms with Gasteiger partial charge >= 0.3 is 0 Å². The fraction of sp³-hybridized carbons (Fsp3) is 0.150. The molecule has 9 nitrogen and oxygen atoms in total. The smallest absolute Gasteiger partial charge is 0.269 e. The number of benzene rings is 2. The second kappa shape index (κ2) is 6.66. The molecule has 2 heterocycles. The topological polar surface area (TPSA) is 146 Å². The Balaban J connectivity index is 1.92. The number of nitrogens with one attached hydrogen (secondary N) is 1. The molecule has 1 aliphatic rings. The Morgan fingerprint density at radius 2 is 1.90 bits per heavy atom. The van der Waals surface area contributed by atoms with Gasteiger partial charge in [-0.2, -0.15) is 10.5 Å². The zero-order valence-corrected chi connectivity index (χ0v) is 14.9. The number of aromatic nitrogens is 2. The number of carbonyl (C=O) groups excluding carboxylic acids is 1. The van der Waals surface area contributed by atoms with Gasteiger partial charge in [-0.1, -0.05) is 12.1 Å². The standard InChI is InChI=1S/C20H12N6O3/c21-9-12(10-22)20(8-13-11-23-17-3-1-2-4-18(17)24-13)15-7-14(26(28)29)5-6-16(15)25-19(20)27/h1-7,11-12H,8H2,(H,25,27). The lowest BCUT2D eigenvalue weighted by Gasteiger charge is -2.27. The summed E-state index contributed by atoms with van der Waals surface area (Å²) >= 11 is 0. The number of carbonyl (C=O) groups is 1. The molecule has 9 heteroatoms. The highest BCUT2D eigenvalue weighted by Gasteiger charge is 2.54. The van der Waals surface area contributed by atoms with Crippen molar-refractivity contribution in [2.75, 3.05) is 5.32 Å². The molecule has 0 spiro atoms. The molecule has 1 N–H and O–H groups in total. The first-order chi connectivity index (χ1) is 14.0. The summed E-state index contributed by atoms with van der Waals surface area (Å²) in [6.07, 6.45) is 1.38. The third-order valence-corrected chi connectivity index (χ3v) is 5.06. The minimum Gasteiger partial charge on any atom is -0.325 e. The number of hydrogen-bond donors (Lipinski definition) is 1. The second-order valence-electron chi connectivity index (χ2n) is 6.63. The van der Waals surface area contributed by atoms with E-state index >= 15 is 0 Å². The van der Waals surface area contributed by atoms with E-state index in [9.17, 15) is 25.4 Å². The van der Waals surface area contributed by atoms with E-state index in [0.717, 1.165) is 0 Å². The monoisotopic (exact) mass is 384 g/mol. The summed E-state index contributed by atoms with van der Waals surface area (Å²) in [5.74, 6) is -1.95. The molecule has 1 amide bonds. The van der Waals surface area contributed by atoms with E-state index in [0.29, 0.717) is 22.4 Å². The Bertz CT molecular complexity index is 1250. The molecule has 29 heavy (non-hydrogen) atoms. The SMILES string of the molecule is N#CC(C#N)C1(Cc2cnc3ccccc3n2)C(=O)Nc2ccc([N+](=O)[O-])cc21. The van der Waals surface area contributed by atoms with Gasteiger partial charge in [0.25, 0.3) is 5.69 Å². The van der Waals surface area contributed by atoms with E-state index in [-0.39, 0.29) is 17.7 Å². The average molecular weight is 384 g/mol. The van der Waals surface area contributed by atoms with Gasteiger partial charge in [0.2, 0.25) is 5.91 Å². The van der Waals surface area contributed by atoms with Gasteiger partial charge in [0.1, 0.15) is 5.41 Å². The van der Waals surface area contributed by atoms with Crippen molar-refractivity contribution in [3.8, 4) is 12.1 Å². The number of non-ortho nitro benzene ring substituents is 1. The summed E-state index contributed by atoms with van der Waals surface area (Å²) < 4.78 is 0. The molecule has 0 saturated heterocycles. The molecule has 0 bridgehead atoms. The van der Waals surface area contributed by atoms with Gasteiger partial charge in [0.15, 0.2) is 5.92 Å². The normalized spacial score (nSPS) is 17.4. The first-order valence-electron chi connectivity index (χ1n) is 8.60. The van der Waals surface area contributed by atoms with Crippen molar-refractivity contribution in [1.82, 2.24) is 9.97 Å². The highest BCUT2D eigenvalue weighted by Crippen LogP contribution is 2.46. The van der Waals surface area contributed by atoms with Crippen molar-refractivity contribution in [2.45, 2.75) is 11.8 Å². The predicted molar refractivity (Wildman–Crippen MR) is 101 cm³/mol. The van der Waals surface area contributed by atoms with Crippen LogP contribution in [0.25, 0.3) is 11.0 Å². The maximum atomic E-state index is 13.0. The molecule has 1 atom stereocenters. The van der Waals surface area contributed by atoms with Crippen LogP contribution in [0, 0.1) is 38.7 Å². The number of hydrogen-bond acceptors (Lipinski definition) is 7. The molecular formula is C20H12N6O3. The van der Waals surface area contributed by atoms with E-state index in [4.69, 9.17) is 0 Å².